The Bertz CT molecular complexity index is 941. The number of carbonyl (C=O) groups is 1. The molecule has 27 heavy (non-hydrogen) atoms. The first-order valence-corrected chi connectivity index (χ1v) is 9.05. The van der Waals surface area contributed by atoms with Gasteiger partial charge in [0.25, 0.3) is 5.91 Å². The highest BCUT2D eigenvalue weighted by Gasteiger charge is 2.50. The number of unbranched alkanes of at least 4 members (excludes halogenated alkanes) is 1. The number of hydrogen-bond donors (Lipinski definition) is 0. The lowest BCUT2D eigenvalue weighted by Crippen LogP contribution is -2.56. The first-order valence-electron chi connectivity index (χ1n) is 9.05. The van der Waals surface area contributed by atoms with Crippen molar-refractivity contribution in [1.29, 1.82) is 0 Å². The van der Waals surface area contributed by atoms with Crippen LogP contribution in [0.2, 0.25) is 0 Å². The highest BCUT2D eigenvalue weighted by molar-refractivity contribution is 5.90. The Balaban J connectivity index is 1.65. The fraction of sp³-hybridized carbons (Fsp3) is 0.350. The molecular weight excluding hydrogens is 347 g/mol. The molecule has 0 unspecified atom stereocenters. The Morgan fingerprint density at radius 2 is 1.85 bits per heavy atom. The third-order valence-electron chi connectivity index (χ3n) is 5.02. The van der Waals surface area contributed by atoms with Crippen LogP contribution in [0.1, 0.15) is 30.5 Å². The summed E-state index contributed by atoms with van der Waals surface area (Å²) in [5.41, 5.74) is 2.47. The minimum atomic E-state index is -0.467. The predicted octanol–water partition coefficient (Wildman–Crippen LogP) is 3.12. The van der Waals surface area contributed by atoms with E-state index in [-0.39, 0.29) is 17.8 Å². The molecule has 1 aliphatic heterocycles. The average Bonchev–Trinajstić information content (AvgIpc) is 3.10. The summed E-state index contributed by atoms with van der Waals surface area (Å²) >= 11 is 0. The van der Waals surface area contributed by atoms with Gasteiger partial charge in [-0.15, -0.1) is 5.10 Å². The molecule has 0 radical (unpaired) electrons. The lowest BCUT2D eigenvalue weighted by atomic mass is 9.88. The van der Waals surface area contributed by atoms with E-state index >= 15 is 0 Å². The second-order valence-corrected chi connectivity index (χ2v) is 6.70. The molecule has 1 amide bonds. The van der Waals surface area contributed by atoms with Gasteiger partial charge in [-0.1, -0.05) is 29.5 Å². The van der Waals surface area contributed by atoms with Gasteiger partial charge in [0.1, 0.15) is 11.3 Å². The molecule has 0 spiro atoms. The molecule has 140 valence electrons. The number of β-lactam (4-membered cyclic amide) rings is 1. The van der Waals surface area contributed by atoms with Crippen LogP contribution >= 0.6 is 0 Å². The summed E-state index contributed by atoms with van der Waals surface area (Å²) in [5, 5.41) is 8.41. The number of para-hydroxylation sites is 1. The van der Waals surface area contributed by atoms with Crippen LogP contribution in [0.15, 0.2) is 48.5 Å². The number of hydrogen-bond acceptors (Lipinski definition) is 4. The summed E-state index contributed by atoms with van der Waals surface area (Å²) in [4.78, 5) is 14.8. The minimum Gasteiger partial charge on any atom is -0.385 e. The van der Waals surface area contributed by atoms with Gasteiger partial charge in [-0.25, -0.2) is 9.07 Å². The summed E-state index contributed by atoms with van der Waals surface area (Å²) < 4.78 is 20.2. The van der Waals surface area contributed by atoms with Crippen molar-refractivity contribution in [3.05, 3.63) is 59.9 Å². The molecule has 1 saturated heterocycles. The van der Waals surface area contributed by atoms with Gasteiger partial charge in [0, 0.05) is 20.3 Å². The lowest BCUT2D eigenvalue weighted by Gasteiger charge is -2.47. The van der Waals surface area contributed by atoms with Gasteiger partial charge >= 0.3 is 0 Å². The van der Waals surface area contributed by atoms with Crippen LogP contribution in [0, 0.1) is 5.82 Å². The molecule has 2 atom stereocenters. The summed E-state index contributed by atoms with van der Waals surface area (Å²) in [6, 6.07) is 13.3. The smallest absolute Gasteiger partial charge is 0.250 e. The van der Waals surface area contributed by atoms with Gasteiger partial charge in [-0.3, -0.25) is 4.79 Å². The first kappa shape index (κ1) is 17.6. The fourth-order valence-electron chi connectivity index (χ4n) is 3.66. The van der Waals surface area contributed by atoms with Crippen molar-refractivity contribution in [2.75, 3.05) is 20.3 Å². The van der Waals surface area contributed by atoms with E-state index in [1.807, 2.05) is 29.2 Å². The Morgan fingerprint density at radius 3 is 2.63 bits per heavy atom. The van der Waals surface area contributed by atoms with Gasteiger partial charge < -0.3 is 9.64 Å². The molecule has 1 aliphatic rings. The van der Waals surface area contributed by atoms with Crippen LogP contribution in [0.4, 0.5) is 4.39 Å². The van der Waals surface area contributed by atoms with E-state index in [1.54, 1.807) is 23.9 Å². The zero-order valence-corrected chi connectivity index (χ0v) is 15.1. The number of nitrogens with zero attached hydrogens (tertiary/aromatic N) is 4. The predicted molar refractivity (Wildman–Crippen MR) is 98.5 cm³/mol. The molecule has 2 heterocycles. The molecule has 0 saturated carbocycles. The molecule has 7 heteroatoms. The first-order chi connectivity index (χ1) is 13.2. The van der Waals surface area contributed by atoms with Crippen molar-refractivity contribution in [1.82, 2.24) is 19.9 Å². The number of fused-ring (bicyclic) bond motifs is 1. The van der Waals surface area contributed by atoms with Gasteiger partial charge in [0.2, 0.25) is 0 Å². The number of methoxy groups -OCH3 is 1. The monoisotopic (exact) mass is 368 g/mol. The van der Waals surface area contributed by atoms with E-state index in [4.69, 9.17) is 4.74 Å². The van der Waals surface area contributed by atoms with Crippen LogP contribution in [-0.4, -0.2) is 46.1 Å². The zero-order chi connectivity index (χ0) is 18.8. The molecule has 0 bridgehead atoms. The van der Waals surface area contributed by atoms with Crippen LogP contribution in [0.25, 0.3) is 11.0 Å². The zero-order valence-electron chi connectivity index (χ0n) is 15.1. The van der Waals surface area contributed by atoms with Crippen LogP contribution in [0.5, 0.6) is 0 Å². The Hall–Kier alpha value is -2.80. The van der Waals surface area contributed by atoms with Gasteiger partial charge in [-0.2, -0.15) is 0 Å². The Kier molecular flexibility index (Phi) is 4.85. The van der Waals surface area contributed by atoms with E-state index in [2.05, 4.69) is 10.3 Å². The second kappa shape index (κ2) is 7.44. The van der Waals surface area contributed by atoms with Crippen LogP contribution in [0.3, 0.4) is 0 Å². The van der Waals surface area contributed by atoms with Crippen molar-refractivity contribution in [3.8, 4) is 0 Å². The summed E-state index contributed by atoms with van der Waals surface area (Å²) in [6.45, 7) is 1.30. The third kappa shape index (κ3) is 3.19. The number of halogens is 1. The van der Waals surface area contributed by atoms with Crippen molar-refractivity contribution >= 4 is 16.9 Å². The number of benzene rings is 2. The molecule has 0 N–H and O–H groups in total. The highest BCUT2D eigenvalue weighted by Crippen LogP contribution is 2.44. The lowest BCUT2D eigenvalue weighted by molar-refractivity contribution is -0.155. The van der Waals surface area contributed by atoms with Crippen LogP contribution in [-0.2, 0) is 9.53 Å². The highest BCUT2D eigenvalue weighted by atomic mass is 19.1. The fourth-order valence-corrected chi connectivity index (χ4v) is 3.66. The standard InChI is InChI=1S/C20H21FN4O2/c1-27-13-5-4-12-24-18(14-8-10-15(21)11-9-14)19(20(24)26)25-17-7-3-2-6-16(17)22-23-25/h2-3,6-11,18-19H,4-5,12-13H2,1H3/t18-,19-/m0/s1. The number of ether oxygens (including phenoxy) is 1. The van der Waals surface area contributed by atoms with E-state index < -0.39 is 6.04 Å². The second-order valence-electron chi connectivity index (χ2n) is 6.70. The average molecular weight is 368 g/mol. The molecule has 4 rings (SSSR count). The van der Waals surface area contributed by atoms with E-state index in [0.717, 1.165) is 29.4 Å². The number of carbonyl (C=O) groups excluding carboxylic acids is 1. The van der Waals surface area contributed by atoms with Crippen molar-refractivity contribution in [2.45, 2.75) is 24.9 Å². The van der Waals surface area contributed by atoms with Gasteiger partial charge in [-0.05, 0) is 42.7 Å². The third-order valence-corrected chi connectivity index (χ3v) is 5.02. The largest absolute Gasteiger partial charge is 0.385 e. The van der Waals surface area contributed by atoms with Gasteiger partial charge in [0.15, 0.2) is 6.04 Å². The molecule has 3 aromatic rings. The molecule has 1 aromatic heterocycles. The Labute approximate surface area is 156 Å². The number of rotatable bonds is 7. The number of aromatic nitrogens is 3. The maximum absolute atomic E-state index is 13.4. The number of amides is 1. The summed E-state index contributed by atoms with van der Waals surface area (Å²) in [7, 11) is 1.67. The van der Waals surface area contributed by atoms with E-state index in [0.29, 0.717) is 13.2 Å². The van der Waals surface area contributed by atoms with Gasteiger partial charge in [0.05, 0.1) is 11.6 Å². The molecule has 2 aromatic carbocycles. The van der Waals surface area contributed by atoms with E-state index in [9.17, 15) is 9.18 Å². The summed E-state index contributed by atoms with van der Waals surface area (Å²) in [6.07, 6.45) is 1.73. The summed E-state index contributed by atoms with van der Waals surface area (Å²) in [5.74, 6) is -0.281. The van der Waals surface area contributed by atoms with Crippen LogP contribution < -0.4 is 0 Å². The SMILES string of the molecule is COCCCCN1C(=O)[C@@H](n2nnc3ccccc32)[C@@H]1c1ccc(F)cc1. The molecule has 6 nitrogen and oxygen atoms in total. The minimum absolute atomic E-state index is 0.0115. The topological polar surface area (TPSA) is 60.2 Å². The normalized spacial score (nSPS) is 19.5. The maximum atomic E-state index is 13.4. The quantitative estimate of drug-likeness (QED) is 0.475. The Morgan fingerprint density at radius 1 is 1.07 bits per heavy atom. The molecule has 0 aliphatic carbocycles. The number of likely N-dealkylation sites (tertiary alicyclic amines) is 1. The van der Waals surface area contributed by atoms with Crippen molar-refractivity contribution in [2.24, 2.45) is 0 Å². The van der Waals surface area contributed by atoms with E-state index in [1.165, 1.54) is 12.1 Å². The van der Waals surface area contributed by atoms with Crippen molar-refractivity contribution in [3.63, 3.8) is 0 Å². The molecular formula is C20H21FN4O2. The maximum Gasteiger partial charge on any atom is 0.250 e. The van der Waals surface area contributed by atoms with Crippen molar-refractivity contribution < 1.29 is 13.9 Å². The molecule has 1 fully saturated rings.